The number of esters is 1. The van der Waals surface area contributed by atoms with Gasteiger partial charge in [0.05, 0.1) is 12.3 Å². The number of hydrogen-bond acceptors (Lipinski definition) is 3. The largest absolute Gasteiger partial charge is 0.481 e. The fraction of sp³-hybridized carbons (Fsp3) is 0.818. The lowest BCUT2D eigenvalue weighted by Crippen LogP contribution is -2.19. The minimum atomic E-state index is -0.912. The van der Waals surface area contributed by atoms with E-state index in [0.29, 0.717) is 6.42 Å². The normalized spacial score (nSPS) is 12.1. The Morgan fingerprint density at radius 3 is 1.49 bits per heavy atom. The minimum Gasteiger partial charge on any atom is -0.481 e. The lowest BCUT2D eigenvalue weighted by atomic mass is 9.97. The van der Waals surface area contributed by atoms with Crippen LogP contribution in [0.25, 0.3) is 0 Å². The van der Waals surface area contributed by atoms with Gasteiger partial charge < -0.3 is 9.84 Å². The molecule has 0 aliphatic heterocycles. The third-order valence-electron chi connectivity index (χ3n) is 7.19. The van der Waals surface area contributed by atoms with Crippen LogP contribution < -0.4 is 0 Å². The van der Waals surface area contributed by atoms with Gasteiger partial charge in [0.25, 0.3) is 0 Å². The highest BCUT2D eigenvalue weighted by Crippen LogP contribution is 2.17. The molecular formula is C33H60O4. The highest BCUT2D eigenvalue weighted by molar-refractivity contribution is 5.78. The van der Waals surface area contributed by atoms with Gasteiger partial charge in [0.15, 0.2) is 0 Å². The van der Waals surface area contributed by atoms with E-state index in [9.17, 15) is 14.7 Å². The number of aliphatic carboxylic acids is 1. The average Bonchev–Trinajstić information content (AvgIpc) is 2.89. The summed E-state index contributed by atoms with van der Waals surface area (Å²) in [6.07, 6.45) is 35.6. The van der Waals surface area contributed by atoms with E-state index in [-0.39, 0.29) is 13.0 Å². The van der Waals surface area contributed by atoms with Gasteiger partial charge in [-0.25, -0.2) is 0 Å². The first-order valence-corrected chi connectivity index (χ1v) is 15.8. The first kappa shape index (κ1) is 35.4. The van der Waals surface area contributed by atoms with Crippen LogP contribution in [0.2, 0.25) is 0 Å². The van der Waals surface area contributed by atoms with Crippen molar-refractivity contribution in [3.63, 3.8) is 0 Å². The van der Waals surface area contributed by atoms with Crippen molar-refractivity contribution in [1.29, 1.82) is 0 Å². The molecule has 0 saturated heterocycles. The molecule has 4 nitrogen and oxygen atoms in total. The second-order valence-corrected chi connectivity index (χ2v) is 10.8. The SMILES string of the molecule is C=CCOC(=O)CC(CCCCC/C=C/CCCCCCCCCCCCCCCCCCC)C(=O)O. The zero-order valence-corrected chi connectivity index (χ0v) is 24.4. The van der Waals surface area contributed by atoms with Crippen LogP contribution in [0.15, 0.2) is 24.8 Å². The van der Waals surface area contributed by atoms with Crippen molar-refractivity contribution in [1.82, 2.24) is 0 Å². The quantitative estimate of drug-likeness (QED) is 0.0605. The van der Waals surface area contributed by atoms with Gasteiger partial charge in [-0.3, -0.25) is 9.59 Å². The number of carboxylic acid groups (broad SMARTS) is 1. The van der Waals surface area contributed by atoms with Crippen LogP contribution in [0.4, 0.5) is 0 Å². The van der Waals surface area contributed by atoms with Crippen LogP contribution in [-0.2, 0) is 14.3 Å². The molecule has 0 rings (SSSR count). The molecule has 4 heteroatoms. The zero-order valence-electron chi connectivity index (χ0n) is 24.4. The molecule has 0 aromatic carbocycles. The Labute approximate surface area is 229 Å². The average molecular weight is 521 g/mol. The van der Waals surface area contributed by atoms with Crippen LogP contribution >= 0.6 is 0 Å². The number of carbonyl (C=O) groups excluding carboxylic acids is 1. The van der Waals surface area contributed by atoms with E-state index >= 15 is 0 Å². The highest BCUT2D eigenvalue weighted by atomic mass is 16.5. The van der Waals surface area contributed by atoms with E-state index < -0.39 is 17.9 Å². The standard InChI is InChI=1S/C33H60O4/c1-3-5-6-7-8-9-10-11-12-13-14-15-16-17-18-19-20-21-22-23-24-25-26-27-28-31(33(35)36)30-32(34)37-29-4-2/h4,22-23,31H,2-3,5-21,24-30H2,1H3,(H,35,36)/b23-22+. The van der Waals surface area contributed by atoms with Crippen molar-refractivity contribution in [3.8, 4) is 0 Å². The lowest BCUT2D eigenvalue weighted by Gasteiger charge is -2.11. The molecule has 0 aromatic heterocycles. The summed E-state index contributed by atoms with van der Waals surface area (Å²) in [4.78, 5) is 22.9. The Kier molecular flexibility index (Phi) is 27.7. The molecule has 0 radical (unpaired) electrons. The summed E-state index contributed by atoms with van der Waals surface area (Å²) in [5.74, 6) is -2.02. The molecule has 0 aliphatic carbocycles. The summed E-state index contributed by atoms with van der Waals surface area (Å²) >= 11 is 0. The molecule has 216 valence electrons. The second kappa shape index (κ2) is 29.0. The number of allylic oxidation sites excluding steroid dienone is 2. The van der Waals surface area contributed by atoms with Crippen molar-refractivity contribution in [2.75, 3.05) is 6.61 Å². The Hall–Kier alpha value is -1.58. The predicted molar refractivity (Wildman–Crippen MR) is 158 cm³/mol. The molecule has 0 aliphatic rings. The molecule has 1 unspecified atom stereocenters. The van der Waals surface area contributed by atoms with Crippen LogP contribution in [0, 0.1) is 5.92 Å². The first-order valence-electron chi connectivity index (χ1n) is 15.8. The van der Waals surface area contributed by atoms with Gasteiger partial charge in [-0.05, 0) is 32.1 Å². The molecule has 0 saturated carbocycles. The summed E-state index contributed by atoms with van der Waals surface area (Å²) < 4.78 is 4.90. The fourth-order valence-electron chi connectivity index (χ4n) is 4.78. The second-order valence-electron chi connectivity index (χ2n) is 10.8. The third-order valence-corrected chi connectivity index (χ3v) is 7.19. The summed E-state index contributed by atoms with van der Waals surface area (Å²) in [5, 5.41) is 9.29. The maximum Gasteiger partial charge on any atom is 0.307 e. The number of ether oxygens (including phenoxy) is 1. The third kappa shape index (κ3) is 27.3. The molecule has 0 fully saturated rings. The number of carbonyl (C=O) groups is 2. The monoisotopic (exact) mass is 520 g/mol. The number of hydrogen-bond donors (Lipinski definition) is 1. The number of carboxylic acids is 1. The Bertz CT molecular complexity index is 555. The summed E-state index contributed by atoms with van der Waals surface area (Å²) in [5.41, 5.74) is 0. The van der Waals surface area contributed by atoms with Gasteiger partial charge in [-0.2, -0.15) is 0 Å². The van der Waals surface area contributed by atoms with E-state index in [1.807, 2.05) is 0 Å². The van der Waals surface area contributed by atoms with Gasteiger partial charge >= 0.3 is 11.9 Å². The van der Waals surface area contributed by atoms with Gasteiger partial charge in [0.1, 0.15) is 6.61 Å². The van der Waals surface area contributed by atoms with Gasteiger partial charge in [-0.1, -0.05) is 147 Å². The van der Waals surface area contributed by atoms with Crippen molar-refractivity contribution in [2.45, 2.75) is 161 Å². The molecule has 0 heterocycles. The zero-order chi connectivity index (χ0) is 27.2. The van der Waals surface area contributed by atoms with Gasteiger partial charge in [-0.15, -0.1) is 0 Å². The molecular weight excluding hydrogens is 460 g/mol. The van der Waals surface area contributed by atoms with Gasteiger partial charge in [0, 0.05) is 0 Å². The molecule has 37 heavy (non-hydrogen) atoms. The number of unbranched alkanes of at least 4 members (excludes halogenated alkanes) is 20. The maximum absolute atomic E-state index is 11.6. The van der Waals surface area contributed by atoms with Crippen molar-refractivity contribution in [3.05, 3.63) is 24.8 Å². The van der Waals surface area contributed by atoms with Crippen LogP contribution in [0.5, 0.6) is 0 Å². The van der Waals surface area contributed by atoms with E-state index in [1.165, 1.54) is 122 Å². The van der Waals surface area contributed by atoms with Crippen LogP contribution in [0.1, 0.15) is 161 Å². The van der Waals surface area contributed by atoms with Crippen LogP contribution in [0.3, 0.4) is 0 Å². The maximum atomic E-state index is 11.6. The van der Waals surface area contributed by atoms with Crippen molar-refractivity contribution < 1.29 is 19.4 Å². The lowest BCUT2D eigenvalue weighted by molar-refractivity contribution is -0.151. The predicted octanol–water partition coefficient (Wildman–Crippen LogP) is 10.4. The van der Waals surface area contributed by atoms with Gasteiger partial charge in [0.2, 0.25) is 0 Å². The molecule has 0 amide bonds. The Balaban J connectivity index is 3.37. The smallest absolute Gasteiger partial charge is 0.307 e. The van der Waals surface area contributed by atoms with Crippen molar-refractivity contribution in [2.24, 2.45) is 5.92 Å². The highest BCUT2D eigenvalue weighted by Gasteiger charge is 2.21. The fourth-order valence-corrected chi connectivity index (χ4v) is 4.78. The Morgan fingerprint density at radius 1 is 0.676 bits per heavy atom. The van der Waals surface area contributed by atoms with E-state index in [2.05, 4.69) is 25.7 Å². The molecule has 0 aromatic rings. The summed E-state index contributed by atoms with van der Waals surface area (Å²) in [6, 6.07) is 0. The molecule has 1 N–H and O–H groups in total. The summed E-state index contributed by atoms with van der Waals surface area (Å²) in [7, 11) is 0. The molecule has 0 spiro atoms. The van der Waals surface area contributed by atoms with Crippen LogP contribution in [-0.4, -0.2) is 23.7 Å². The Morgan fingerprint density at radius 2 is 1.08 bits per heavy atom. The first-order chi connectivity index (χ1) is 18.1. The summed E-state index contributed by atoms with van der Waals surface area (Å²) in [6.45, 7) is 5.91. The van der Waals surface area contributed by atoms with E-state index in [1.54, 1.807) is 0 Å². The molecule has 0 bridgehead atoms. The molecule has 1 atom stereocenters. The van der Waals surface area contributed by atoms with Crippen molar-refractivity contribution >= 4 is 11.9 Å². The van der Waals surface area contributed by atoms with E-state index in [4.69, 9.17) is 4.74 Å². The minimum absolute atomic E-state index is 0.0531. The topological polar surface area (TPSA) is 63.6 Å². The van der Waals surface area contributed by atoms with E-state index in [0.717, 1.165) is 25.7 Å². The number of rotatable bonds is 29.